The summed E-state index contributed by atoms with van der Waals surface area (Å²) in [6.45, 7) is 2.87. The van der Waals surface area contributed by atoms with Gasteiger partial charge in [-0.25, -0.2) is 0 Å². The first kappa shape index (κ1) is 11.5. The fraction of sp³-hybridized carbons (Fsp3) is 0.455. The maximum Gasteiger partial charge on any atom is 0.283 e. The summed E-state index contributed by atoms with van der Waals surface area (Å²) in [4.78, 5) is 10.4. The third-order valence-corrected chi connectivity index (χ3v) is 3.83. The van der Waals surface area contributed by atoms with Crippen molar-refractivity contribution >= 4 is 21.6 Å². The van der Waals surface area contributed by atoms with Crippen LogP contribution in [0.4, 0.5) is 5.69 Å². The smallest absolute Gasteiger partial charge is 0.283 e. The van der Waals surface area contributed by atoms with Gasteiger partial charge in [-0.2, -0.15) is 0 Å². The lowest BCUT2D eigenvalue weighted by molar-refractivity contribution is -0.385. The lowest BCUT2D eigenvalue weighted by Crippen LogP contribution is -2.17. The monoisotopic (exact) mass is 284 g/mol. The lowest BCUT2D eigenvalue weighted by atomic mass is 10.2. The summed E-state index contributed by atoms with van der Waals surface area (Å²) in [6.07, 6.45) is 1.20. The first-order valence-electron chi connectivity index (χ1n) is 5.24. The molecule has 1 fully saturated rings. The highest BCUT2D eigenvalue weighted by Gasteiger charge is 2.31. The Hall–Kier alpha value is -0.940. The Kier molecular flexibility index (Phi) is 3.25. The van der Waals surface area contributed by atoms with E-state index in [-0.39, 0.29) is 10.6 Å². The number of nitro groups is 1. The SMILES string of the molecule is CC1CC1NCc1cccc([N+](=O)[O-])c1Br. The van der Waals surface area contributed by atoms with Crippen LogP contribution in [0.5, 0.6) is 0 Å². The van der Waals surface area contributed by atoms with E-state index in [9.17, 15) is 10.1 Å². The zero-order valence-electron chi connectivity index (χ0n) is 8.94. The molecule has 1 N–H and O–H groups in total. The molecule has 0 radical (unpaired) electrons. The minimum absolute atomic E-state index is 0.128. The highest BCUT2D eigenvalue weighted by atomic mass is 79.9. The van der Waals surface area contributed by atoms with Crippen LogP contribution in [0.2, 0.25) is 0 Å². The van der Waals surface area contributed by atoms with Crippen molar-refractivity contribution in [3.05, 3.63) is 38.3 Å². The minimum Gasteiger partial charge on any atom is -0.310 e. The van der Waals surface area contributed by atoms with Crippen LogP contribution in [0.1, 0.15) is 18.9 Å². The summed E-state index contributed by atoms with van der Waals surface area (Å²) in [5.74, 6) is 0.734. The van der Waals surface area contributed by atoms with E-state index in [0.717, 1.165) is 11.5 Å². The molecule has 0 amide bonds. The topological polar surface area (TPSA) is 55.2 Å². The first-order chi connectivity index (χ1) is 7.59. The van der Waals surface area contributed by atoms with Crippen LogP contribution in [0, 0.1) is 16.0 Å². The standard InChI is InChI=1S/C11H13BrN2O2/c1-7-5-9(7)13-6-8-3-2-4-10(11(8)12)14(15)16/h2-4,7,9,13H,5-6H2,1H3. The van der Waals surface area contributed by atoms with E-state index in [1.807, 2.05) is 6.07 Å². The Bertz CT molecular complexity index is 422. The molecule has 1 aliphatic carbocycles. The maximum atomic E-state index is 10.7. The van der Waals surface area contributed by atoms with E-state index >= 15 is 0 Å². The fourth-order valence-electron chi connectivity index (χ4n) is 1.69. The second kappa shape index (κ2) is 4.51. The fourth-order valence-corrected chi connectivity index (χ4v) is 2.24. The van der Waals surface area contributed by atoms with Crippen LogP contribution in [-0.2, 0) is 6.54 Å². The Balaban J connectivity index is 2.08. The highest BCUT2D eigenvalue weighted by Crippen LogP contribution is 2.31. The van der Waals surface area contributed by atoms with E-state index in [1.54, 1.807) is 6.07 Å². The van der Waals surface area contributed by atoms with E-state index in [2.05, 4.69) is 28.2 Å². The molecule has 0 aliphatic heterocycles. The number of benzene rings is 1. The van der Waals surface area contributed by atoms with Crippen molar-refractivity contribution in [2.75, 3.05) is 0 Å². The van der Waals surface area contributed by atoms with Crippen molar-refractivity contribution in [1.29, 1.82) is 0 Å². The third kappa shape index (κ3) is 2.41. The molecule has 2 unspecified atom stereocenters. The third-order valence-electron chi connectivity index (χ3n) is 2.92. The predicted octanol–water partition coefficient (Wildman–Crippen LogP) is 2.86. The van der Waals surface area contributed by atoms with Gasteiger partial charge in [0, 0.05) is 18.7 Å². The van der Waals surface area contributed by atoms with Crippen LogP contribution >= 0.6 is 15.9 Å². The summed E-state index contributed by atoms with van der Waals surface area (Å²) in [5.41, 5.74) is 1.07. The Morgan fingerprint density at radius 2 is 2.31 bits per heavy atom. The van der Waals surface area contributed by atoms with Crippen molar-refractivity contribution < 1.29 is 4.92 Å². The normalized spacial score (nSPS) is 23.1. The second-order valence-electron chi connectivity index (χ2n) is 4.21. The molecule has 16 heavy (non-hydrogen) atoms. The van der Waals surface area contributed by atoms with Crippen molar-refractivity contribution in [2.24, 2.45) is 5.92 Å². The van der Waals surface area contributed by atoms with Gasteiger partial charge in [-0.1, -0.05) is 19.1 Å². The molecule has 0 aromatic heterocycles. The van der Waals surface area contributed by atoms with Gasteiger partial charge >= 0.3 is 0 Å². The molecule has 0 heterocycles. The maximum absolute atomic E-state index is 10.7. The van der Waals surface area contributed by atoms with Gasteiger partial charge in [-0.3, -0.25) is 10.1 Å². The summed E-state index contributed by atoms with van der Waals surface area (Å²) in [6, 6.07) is 5.70. The second-order valence-corrected chi connectivity index (χ2v) is 5.00. The van der Waals surface area contributed by atoms with Gasteiger partial charge in [0.25, 0.3) is 5.69 Å². The zero-order chi connectivity index (χ0) is 11.7. The average Bonchev–Trinajstić information content (AvgIpc) is 2.93. The first-order valence-corrected chi connectivity index (χ1v) is 6.04. The summed E-state index contributed by atoms with van der Waals surface area (Å²) in [5, 5.41) is 14.1. The Labute approximate surface area is 102 Å². The van der Waals surface area contributed by atoms with Crippen LogP contribution in [0.15, 0.2) is 22.7 Å². The largest absolute Gasteiger partial charge is 0.310 e. The van der Waals surface area contributed by atoms with Gasteiger partial charge in [0.2, 0.25) is 0 Å². The summed E-state index contributed by atoms with van der Waals surface area (Å²) >= 11 is 3.29. The van der Waals surface area contributed by atoms with Gasteiger partial charge in [-0.05, 0) is 33.8 Å². The van der Waals surface area contributed by atoms with Crippen LogP contribution in [-0.4, -0.2) is 11.0 Å². The van der Waals surface area contributed by atoms with Crippen molar-refractivity contribution in [3.8, 4) is 0 Å². The summed E-state index contributed by atoms with van der Waals surface area (Å²) < 4.78 is 0.584. The molecule has 0 bridgehead atoms. The molecule has 1 saturated carbocycles. The number of hydrogen-bond donors (Lipinski definition) is 1. The molecule has 1 aliphatic rings. The molecule has 2 rings (SSSR count). The molecule has 1 aromatic carbocycles. The van der Waals surface area contributed by atoms with Crippen molar-refractivity contribution in [2.45, 2.75) is 25.9 Å². The van der Waals surface area contributed by atoms with Crippen LogP contribution in [0.3, 0.4) is 0 Å². The highest BCUT2D eigenvalue weighted by molar-refractivity contribution is 9.10. The quantitative estimate of drug-likeness (QED) is 0.683. The Morgan fingerprint density at radius 1 is 1.62 bits per heavy atom. The molecule has 86 valence electrons. The molecule has 0 saturated heterocycles. The Morgan fingerprint density at radius 3 is 2.88 bits per heavy atom. The molecule has 1 aromatic rings. The van der Waals surface area contributed by atoms with Gasteiger partial charge in [-0.15, -0.1) is 0 Å². The van der Waals surface area contributed by atoms with E-state index in [0.29, 0.717) is 17.1 Å². The van der Waals surface area contributed by atoms with Crippen molar-refractivity contribution in [3.63, 3.8) is 0 Å². The molecule has 5 heteroatoms. The number of nitrogens with one attached hydrogen (secondary N) is 1. The molecular weight excluding hydrogens is 272 g/mol. The van der Waals surface area contributed by atoms with E-state index in [4.69, 9.17) is 0 Å². The average molecular weight is 285 g/mol. The molecular formula is C11H13BrN2O2. The van der Waals surface area contributed by atoms with Crippen LogP contribution in [0.25, 0.3) is 0 Å². The number of rotatable bonds is 4. The summed E-state index contributed by atoms with van der Waals surface area (Å²) in [7, 11) is 0. The van der Waals surface area contributed by atoms with Gasteiger partial charge in [0.05, 0.1) is 9.40 Å². The zero-order valence-corrected chi connectivity index (χ0v) is 10.5. The number of hydrogen-bond acceptors (Lipinski definition) is 3. The molecule has 2 atom stereocenters. The van der Waals surface area contributed by atoms with Gasteiger partial charge in [0.15, 0.2) is 0 Å². The van der Waals surface area contributed by atoms with Gasteiger partial charge in [0.1, 0.15) is 0 Å². The number of nitro benzene ring substituents is 1. The lowest BCUT2D eigenvalue weighted by Gasteiger charge is -2.06. The molecule has 0 spiro atoms. The van der Waals surface area contributed by atoms with E-state index in [1.165, 1.54) is 12.5 Å². The molecule has 4 nitrogen and oxygen atoms in total. The van der Waals surface area contributed by atoms with Crippen molar-refractivity contribution in [1.82, 2.24) is 5.32 Å². The number of nitrogens with zero attached hydrogens (tertiary/aromatic N) is 1. The van der Waals surface area contributed by atoms with E-state index < -0.39 is 0 Å². The minimum atomic E-state index is -0.368. The van der Waals surface area contributed by atoms with Crippen LogP contribution < -0.4 is 5.32 Å². The van der Waals surface area contributed by atoms with Gasteiger partial charge < -0.3 is 5.32 Å². The number of halogens is 1. The predicted molar refractivity (Wildman–Crippen MR) is 65.2 cm³/mol.